The van der Waals surface area contributed by atoms with Crippen molar-refractivity contribution in [2.75, 3.05) is 0 Å². The lowest BCUT2D eigenvalue weighted by Crippen LogP contribution is -2.27. The van der Waals surface area contributed by atoms with E-state index in [1.807, 2.05) is 60.7 Å². The Kier molecular flexibility index (Phi) is 6.06. The molecule has 0 aliphatic rings. The molecular formula is C24H28N2O3. The third-order valence-corrected chi connectivity index (χ3v) is 4.68. The molecular weight excluding hydrogens is 364 g/mol. The fraction of sp³-hybridized carbons (Fsp3) is 0.333. The van der Waals surface area contributed by atoms with Gasteiger partial charge in [0.05, 0.1) is 22.4 Å². The Morgan fingerprint density at radius 2 is 1.41 bits per heavy atom. The molecule has 0 N–H and O–H groups in total. The number of hydrogen-bond acceptors (Lipinski definition) is 3. The lowest BCUT2D eigenvalue weighted by atomic mass is 9.97. The van der Waals surface area contributed by atoms with E-state index in [9.17, 15) is 9.59 Å². The number of benzene rings is 2. The molecule has 0 radical (unpaired) electrons. The van der Waals surface area contributed by atoms with E-state index in [1.54, 1.807) is 30.1 Å². The molecule has 29 heavy (non-hydrogen) atoms. The molecule has 0 unspecified atom stereocenters. The van der Waals surface area contributed by atoms with E-state index in [0.717, 1.165) is 24.2 Å². The van der Waals surface area contributed by atoms with E-state index in [0.29, 0.717) is 17.9 Å². The number of rotatable bonds is 6. The first kappa shape index (κ1) is 20.6. The van der Waals surface area contributed by atoms with Crippen LogP contribution in [-0.4, -0.2) is 15.3 Å². The molecule has 2 aromatic carbocycles. The van der Waals surface area contributed by atoms with Crippen LogP contribution in [0.5, 0.6) is 5.88 Å². The zero-order chi connectivity index (χ0) is 21.0. The summed E-state index contributed by atoms with van der Waals surface area (Å²) in [7, 11) is 0. The van der Waals surface area contributed by atoms with E-state index < -0.39 is 5.41 Å². The van der Waals surface area contributed by atoms with Gasteiger partial charge in [-0.25, -0.2) is 9.36 Å². The molecule has 0 atom stereocenters. The molecule has 0 saturated carbocycles. The Morgan fingerprint density at radius 1 is 0.897 bits per heavy atom. The monoisotopic (exact) mass is 392 g/mol. The van der Waals surface area contributed by atoms with Gasteiger partial charge in [0, 0.05) is 0 Å². The Hall–Kier alpha value is -3.08. The number of esters is 1. The second-order valence-electron chi connectivity index (χ2n) is 8.13. The zero-order valence-electron chi connectivity index (χ0n) is 17.5. The minimum absolute atomic E-state index is 0.162. The standard InChI is InChI=1S/C24H28N2O3/c1-5-6-17-20-21(27)25(18-13-9-7-10-14-18)26(19-15-11-8-12-16-19)22(20)29-23(28)24(2,3)4/h7-16H,5-6,17H2,1-4H3. The van der Waals surface area contributed by atoms with Gasteiger partial charge >= 0.3 is 5.97 Å². The van der Waals surface area contributed by atoms with Gasteiger partial charge in [-0.1, -0.05) is 49.7 Å². The van der Waals surface area contributed by atoms with E-state index in [2.05, 4.69) is 6.92 Å². The average molecular weight is 392 g/mol. The van der Waals surface area contributed by atoms with Crippen molar-refractivity contribution >= 4 is 5.97 Å². The molecule has 1 heterocycles. The average Bonchev–Trinajstić information content (AvgIpc) is 2.98. The number of hydrogen-bond donors (Lipinski definition) is 0. The topological polar surface area (TPSA) is 53.2 Å². The molecule has 5 heteroatoms. The van der Waals surface area contributed by atoms with E-state index >= 15 is 0 Å². The summed E-state index contributed by atoms with van der Waals surface area (Å²) in [6.07, 6.45) is 2.33. The molecule has 0 aliphatic carbocycles. The van der Waals surface area contributed by atoms with E-state index in [1.165, 1.54) is 0 Å². The number of aromatic nitrogens is 2. The minimum atomic E-state index is -0.686. The maximum absolute atomic E-state index is 13.5. The number of unbranched alkanes of at least 4 members (excludes halogenated alkanes) is 1. The molecule has 152 valence electrons. The van der Waals surface area contributed by atoms with Crippen LogP contribution in [0, 0.1) is 5.41 Å². The Bertz CT molecular complexity index is 1030. The van der Waals surface area contributed by atoms with Crippen LogP contribution in [0.25, 0.3) is 11.4 Å². The summed E-state index contributed by atoms with van der Waals surface area (Å²) >= 11 is 0. The summed E-state index contributed by atoms with van der Waals surface area (Å²) < 4.78 is 9.18. The van der Waals surface area contributed by atoms with Crippen LogP contribution in [0.3, 0.4) is 0 Å². The van der Waals surface area contributed by atoms with Gasteiger partial charge < -0.3 is 4.74 Å². The van der Waals surface area contributed by atoms with Crippen molar-refractivity contribution in [1.82, 2.24) is 9.36 Å². The van der Waals surface area contributed by atoms with Crippen molar-refractivity contribution in [3.63, 3.8) is 0 Å². The predicted molar refractivity (Wildman–Crippen MR) is 115 cm³/mol. The normalized spacial score (nSPS) is 11.4. The van der Waals surface area contributed by atoms with Gasteiger partial charge in [-0.15, -0.1) is 0 Å². The van der Waals surface area contributed by atoms with E-state index in [4.69, 9.17) is 4.74 Å². The Morgan fingerprint density at radius 3 is 1.90 bits per heavy atom. The zero-order valence-corrected chi connectivity index (χ0v) is 17.5. The highest BCUT2D eigenvalue weighted by molar-refractivity contribution is 5.78. The molecule has 0 saturated heterocycles. The second-order valence-corrected chi connectivity index (χ2v) is 8.13. The minimum Gasteiger partial charge on any atom is -0.407 e. The summed E-state index contributed by atoms with van der Waals surface area (Å²) in [5, 5.41) is 0. The number of ether oxygens (including phenoxy) is 1. The molecule has 0 fully saturated rings. The van der Waals surface area contributed by atoms with Crippen LogP contribution in [0.1, 0.15) is 46.1 Å². The van der Waals surface area contributed by atoms with Gasteiger partial charge in [0.15, 0.2) is 0 Å². The predicted octanol–water partition coefficient (Wildman–Crippen LogP) is 4.92. The summed E-state index contributed by atoms with van der Waals surface area (Å²) in [6, 6.07) is 18.9. The third-order valence-electron chi connectivity index (χ3n) is 4.68. The van der Waals surface area contributed by atoms with Crippen molar-refractivity contribution in [2.24, 2.45) is 5.41 Å². The van der Waals surface area contributed by atoms with Crippen LogP contribution in [-0.2, 0) is 11.2 Å². The summed E-state index contributed by atoms with van der Waals surface area (Å²) in [5.74, 6) is -0.0661. The van der Waals surface area contributed by atoms with Crippen molar-refractivity contribution in [3.8, 4) is 17.3 Å². The highest BCUT2D eigenvalue weighted by atomic mass is 16.5. The quantitative estimate of drug-likeness (QED) is 0.559. The molecule has 3 aromatic rings. The van der Waals surface area contributed by atoms with Gasteiger partial charge in [-0.3, -0.25) is 9.59 Å². The maximum Gasteiger partial charge on any atom is 0.317 e. The third kappa shape index (κ3) is 4.34. The lowest BCUT2D eigenvalue weighted by molar-refractivity contribution is -0.143. The molecule has 3 rings (SSSR count). The van der Waals surface area contributed by atoms with E-state index in [-0.39, 0.29) is 11.5 Å². The first-order valence-corrected chi connectivity index (χ1v) is 10.0. The molecule has 0 amide bonds. The van der Waals surface area contributed by atoms with Crippen LogP contribution < -0.4 is 10.3 Å². The second kappa shape index (κ2) is 8.52. The summed E-state index contributed by atoms with van der Waals surface area (Å²) in [4.78, 5) is 26.2. The number of para-hydroxylation sites is 2. The van der Waals surface area contributed by atoms with Gasteiger partial charge in [-0.2, -0.15) is 0 Å². The largest absolute Gasteiger partial charge is 0.407 e. The first-order valence-electron chi connectivity index (χ1n) is 10.0. The lowest BCUT2D eigenvalue weighted by Gasteiger charge is -2.19. The van der Waals surface area contributed by atoms with Gasteiger partial charge in [0.25, 0.3) is 5.56 Å². The van der Waals surface area contributed by atoms with Crippen molar-refractivity contribution in [1.29, 1.82) is 0 Å². The van der Waals surface area contributed by atoms with Crippen LogP contribution >= 0.6 is 0 Å². The smallest absolute Gasteiger partial charge is 0.317 e. The summed E-state index contributed by atoms with van der Waals surface area (Å²) in [6.45, 7) is 7.49. The van der Waals surface area contributed by atoms with Crippen LogP contribution in [0.15, 0.2) is 65.5 Å². The number of nitrogens with zero attached hydrogens (tertiary/aromatic N) is 2. The molecule has 0 aliphatic heterocycles. The van der Waals surface area contributed by atoms with Gasteiger partial charge in [-0.05, 0) is 57.9 Å². The maximum atomic E-state index is 13.5. The fourth-order valence-corrected chi connectivity index (χ4v) is 3.05. The molecule has 0 bridgehead atoms. The number of carbonyl (C=O) groups is 1. The molecule has 5 nitrogen and oxygen atoms in total. The highest BCUT2D eigenvalue weighted by Gasteiger charge is 2.30. The SMILES string of the molecule is CCCCc1c(OC(=O)C(C)(C)C)n(-c2ccccc2)n(-c2ccccc2)c1=O. The fourth-order valence-electron chi connectivity index (χ4n) is 3.05. The van der Waals surface area contributed by atoms with Gasteiger partial charge in [0.1, 0.15) is 0 Å². The Balaban J connectivity index is 2.31. The van der Waals surface area contributed by atoms with Crippen LogP contribution in [0.2, 0.25) is 0 Å². The van der Waals surface area contributed by atoms with Crippen molar-refractivity contribution in [3.05, 3.63) is 76.6 Å². The number of carbonyl (C=O) groups excluding carboxylic acids is 1. The molecule has 0 spiro atoms. The first-order chi connectivity index (χ1) is 13.8. The summed E-state index contributed by atoms with van der Waals surface area (Å²) in [5.41, 5.74) is 1.15. The molecule has 1 aromatic heterocycles. The van der Waals surface area contributed by atoms with Crippen LogP contribution in [0.4, 0.5) is 0 Å². The Labute approximate surface area is 171 Å². The van der Waals surface area contributed by atoms with Gasteiger partial charge in [0.2, 0.25) is 5.88 Å². The van der Waals surface area contributed by atoms with Crippen molar-refractivity contribution < 1.29 is 9.53 Å². The van der Waals surface area contributed by atoms with Crippen molar-refractivity contribution in [2.45, 2.75) is 47.0 Å². The highest BCUT2D eigenvalue weighted by Crippen LogP contribution is 2.28.